The maximum Gasteiger partial charge on any atom is 0.129 e. The van der Waals surface area contributed by atoms with Crippen molar-refractivity contribution in [3.63, 3.8) is 0 Å². The fourth-order valence-corrected chi connectivity index (χ4v) is 3.08. The van der Waals surface area contributed by atoms with Gasteiger partial charge >= 0.3 is 0 Å². The Bertz CT molecular complexity index is 425. The summed E-state index contributed by atoms with van der Waals surface area (Å²) >= 11 is 3.29. The van der Waals surface area contributed by atoms with Crippen LogP contribution in [-0.4, -0.2) is 31.6 Å². The Balaban J connectivity index is 1.88. The van der Waals surface area contributed by atoms with Crippen LogP contribution in [0.5, 0.6) is 0 Å². The summed E-state index contributed by atoms with van der Waals surface area (Å²) in [7, 11) is 2.17. The molecule has 1 fully saturated rings. The van der Waals surface area contributed by atoms with E-state index in [2.05, 4.69) is 33.2 Å². The zero-order valence-electron chi connectivity index (χ0n) is 11.6. The van der Waals surface area contributed by atoms with Crippen LogP contribution in [0.1, 0.15) is 31.4 Å². The van der Waals surface area contributed by atoms with Crippen LogP contribution in [-0.2, 0) is 0 Å². The molecular formula is C15H22BrFN2. The first-order valence-corrected chi connectivity index (χ1v) is 7.72. The van der Waals surface area contributed by atoms with E-state index < -0.39 is 0 Å². The highest BCUT2D eigenvalue weighted by Gasteiger charge is 2.18. The van der Waals surface area contributed by atoms with Gasteiger partial charge in [0.1, 0.15) is 5.82 Å². The van der Waals surface area contributed by atoms with Gasteiger partial charge in [-0.25, -0.2) is 4.39 Å². The molecule has 1 aromatic rings. The number of piperidine rings is 1. The molecule has 0 spiro atoms. The molecule has 0 saturated carbocycles. The van der Waals surface area contributed by atoms with Gasteiger partial charge in [0.25, 0.3) is 0 Å². The summed E-state index contributed by atoms with van der Waals surface area (Å²) in [5.74, 6) is 0.537. The highest BCUT2D eigenvalue weighted by Crippen LogP contribution is 2.22. The van der Waals surface area contributed by atoms with Gasteiger partial charge in [-0.15, -0.1) is 0 Å². The molecule has 0 aromatic heterocycles. The van der Waals surface area contributed by atoms with E-state index in [-0.39, 0.29) is 11.9 Å². The number of nitrogens with zero attached hydrogens (tertiary/aromatic N) is 1. The normalized spacial score (nSPS) is 22.4. The number of halogens is 2. The van der Waals surface area contributed by atoms with Crippen molar-refractivity contribution >= 4 is 15.9 Å². The maximum atomic E-state index is 13.9. The molecule has 2 unspecified atom stereocenters. The first-order valence-electron chi connectivity index (χ1n) is 6.93. The molecule has 106 valence electrons. The third kappa shape index (κ3) is 4.26. The molecule has 1 aliphatic rings. The Morgan fingerprint density at radius 3 is 3.00 bits per heavy atom. The first-order chi connectivity index (χ1) is 9.06. The summed E-state index contributed by atoms with van der Waals surface area (Å²) in [5.41, 5.74) is 0.743. The molecule has 4 heteroatoms. The largest absolute Gasteiger partial charge is 0.310 e. The second kappa shape index (κ2) is 6.82. The van der Waals surface area contributed by atoms with Crippen molar-refractivity contribution in [1.29, 1.82) is 0 Å². The second-order valence-corrected chi connectivity index (χ2v) is 6.48. The van der Waals surface area contributed by atoms with Crippen molar-refractivity contribution < 1.29 is 4.39 Å². The minimum absolute atomic E-state index is 0.0559. The van der Waals surface area contributed by atoms with Crippen molar-refractivity contribution in [2.45, 2.75) is 25.8 Å². The molecule has 1 heterocycles. The van der Waals surface area contributed by atoms with E-state index in [9.17, 15) is 4.39 Å². The molecule has 1 aromatic carbocycles. The minimum Gasteiger partial charge on any atom is -0.310 e. The van der Waals surface area contributed by atoms with Crippen LogP contribution in [0.25, 0.3) is 0 Å². The van der Waals surface area contributed by atoms with Gasteiger partial charge in [-0.2, -0.15) is 0 Å². The number of benzene rings is 1. The molecular weight excluding hydrogens is 307 g/mol. The van der Waals surface area contributed by atoms with E-state index in [1.807, 2.05) is 19.1 Å². The van der Waals surface area contributed by atoms with Gasteiger partial charge in [0, 0.05) is 22.6 Å². The lowest BCUT2D eigenvalue weighted by molar-refractivity contribution is 0.203. The topological polar surface area (TPSA) is 15.3 Å². The fraction of sp³-hybridized carbons (Fsp3) is 0.600. The molecule has 0 radical (unpaired) electrons. The molecule has 0 aliphatic carbocycles. The van der Waals surface area contributed by atoms with Crippen LogP contribution in [0.3, 0.4) is 0 Å². The zero-order chi connectivity index (χ0) is 13.8. The van der Waals surface area contributed by atoms with E-state index in [0.29, 0.717) is 5.92 Å². The van der Waals surface area contributed by atoms with E-state index in [4.69, 9.17) is 0 Å². The summed E-state index contributed by atoms with van der Waals surface area (Å²) in [6.45, 7) is 5.33. The lowest BCUT2D eigenvalue weighted by atomic mass is 9.97. The Kier molecular flexibility index (Phi) is 5.37. The molecule has 2 nitrogen and oxygen atoms in total. The molecule has 2 atom stereocenters. The van der Waals surface area contributed by atoms with Crippen LogP contribution >= 0.6 is 15.9 Å². The lowest BCUT2D eigenvalue weighted by Crippen LogP contribution is -2.38. The van der Waals surface area contributed by atoms with Crippen LogP contribution in [0.15, 0.2) is 22.7 Å². The average Bonchev–Trinajstić information content (AvgIpc) is 2.36. The Morgan fingerprint density at radius 1 is 1.53 bits per heavy atom. The van der Waals surface area contributed by atoms with Crippen molar-refractivity contribution in [2.75, 3.05) is 26.7 Å². The highest BCUT2D eigenvalue weighted by atomic mass is 79.9. The van der Waals surface area contributed by atoms with E-state index in [1.165, 1.54) is 25.5 Å². The Labute approximate surface area is 123 Å². The molecule has 1 N–H and O–H groups in total. The van der Waals surface area contributed by atoms with Crippen molar-refractivity contribution in [3.8, 4) is 0 Å². The summed E-state index contributed by atoms with van der Waals surface area (Å²) in [6, 6.07) is 5.33. The van der Waals surface area contributed by atoms with Gasteiger partial charge in [0.15, 0.2) is 0 Å². The van der Waals surface area contributed by atoms with Gasteiger partial charge in [0.2, 0.25) is 0 Å². The molecule has 19 heavy (non-hydrogen) atoms. The first kappa shape index (κ1) is 14.9. The van der Waals surface area contributed by atoms with Crippen LogP contribution < -0.4 is 5.32 Å². The fourth-order valence-electron chi connectivity index (χ4n) is 2.75. The van der Waals surface area contributed by atoms with Gasteiger partial charge < -0.3 is 10.2 Å². The summed E-state index contributed by atoms with van der Waals surface area (Å²) in [6.07, 6.45) is 2.54. The van der Waals surface area contributed by atoms with E-state index >= 15 is 0 Å². The third-order valence-corrected chi connectivity index (χ3v) is 4.36. The van der Waals surface area contributed by atoms with Crippen molar-refractivity contribution in [1.82, 2.24) is 10.2 Å². The lowest BCUT2D eigenvalue weighted by Gasteiger charge is -2.30. The summed E-state index contributed by atoms with van der Waals surface area (Å²) in [5, 5.41) is 3.47. The van der Waals surface area contributed by atoms with Crippen LogP contribution in [0.4, 0.5) is 4.39 Å². The van der Waals surface area contributed by atoms with Crippen LogP contribution in [0.2, 0.25) is 0 Å². The highest BCUT2D eigenvalue weighted by molar-refractivity contribution is 9.10. The monoisotopic (exact) mass is 328 g/mol. The second-order valence-electron chi connectivity index (χ2n) is 5.57. The van der Waals surface area contributed by atoms with Crippen molar-refractivity contribution in [3.05, 3.63) is 34.1 Å². The van der Waals surface area contributed by atoms with E-state index in [0.717, 1.165) is 23.1 Å². The number of hydrogen-bond donors (Lipinski definition) is 1. The quantitative estimate of drug-likeness (QED) is 0.908. The van der Waals surface area contributed by atoms with Crippen molar-refractivity contribution in [2.24, 2.45) is 5.92 Å². The van der Waals surface area contributed by atoms with Crippen LogP contribution in [0, 0.1) is 11.7 Å². The van der Waals surface area contributed by atoms with Gasteiger partial charge in [-0.3, -0.25) is 0 Å². The standard InChI is InChI=1S/C15H22BrFN2/c1-11(14-6-5-13(16)8-15(14)17)18-9-12-4-3-7-19(2)10-12/h5-6,8,11-12,18H,3-4,7,9-10H2,1-2H3. The zero-order valence-corrected chi connectivity index (χ0v) is 13.2. The van der Waals surface area contributed by atoms with Gasteiger partial charge in [-0.05, 0) is 58.0 Å². The SMILES string of the molecule is CC(NCC1CCCN(C)C1)c1ccc(Br)cc1F. The minimum atomic E-state index is -0.143. The predicted molar refractivity (Wildman–Crippen MR) is 80.7 cm³/mol. The number of hydrogen-bond acceptors (Lipinski definition) is 2. The molecule has 2 rings (SSSR count). The van der Waals surface area contributed by atoms with Gasteiger partial charge in [-0.1, -0.05) is 22.0 Å². The molecule has 0 amide bonds. The van der Waals surface area contributed by atoms with E-state index in [1.54, 1.807) is 0 Å². The Hall–Kier alpha value is -0.450. The number of nitrogens with one attached hydrogen (secondary N) is 1. The predicted octanol–water partition coefficient (Wildman–Crippen LogP) is 3.58. The maximum absolute atomic E-state index is 13.9. The third-order valence-electron chi connectivity index (χ3n) is 3.86. The molecule has 1 aliphatic heterocycles. The Morgan fingerprint density at radius 2 is 2.32 bits per heavy atom. The molecule has 1 saturated heterocycles. The summed E-state index contributed by atoms with van der Waals surface area (Å²) in [4.78, 5) is 2.38. The summed E-state index contributed by atoms with van der Waals surface area (Å²) < 4.78 is 14.6. The smallest absolute Gasteiger partial charge is 0.129 e. The number of likely N-dealkylation sites (tertiary alicyclic amines) is 1. The average molecular weight is 329 g/mol. The number of rotatable bonds is 4. The molecule has 0 bridgehead atoms. The van der Waals surface area contributed by atoms with Gasteiger partial charge in [0.05, 0.1) is 0 Å².